The van der Waals surface area contributed by atoms with E-state index in [9.17, 15) is 13.2 Å². The number of aliphatic carboxylic acids is 1. The van der Waals surface area contributed by atoms with Gasteiger partial charge in [0.15, 0.2) is 0 Å². The van der Waals surface area contributed by atoms with Crippen LogP contribution in [0.5, 0.6) is 0 Å². The van der Waals surface area contributed by atoms with Crippen LogP contribution in [0, 0.1) is 0 Å². The molecule has 3 rings (SSSR count). The lowest BCUT2D eigenvalue weighted by atomic mass is 9.97. The van der Waals surface area contributed by atoms with Crippen molar-refractivity contribution in [2.45, 2.75) is 56.0 Å². The van der Waals surface area contributed by atoms with Crippen LogP contribution in [0.4, 0.5) is 0 Å². The van der Waals surface area contributed by atoms with Crippen LogP contribution in [0.2, 0.25) is 0 Å². The lowest BCUT2D eigenvalue weighted by Gasteiger charge is -2.15. The van der Waals surface area contributed by atoms with Gasteiger partial charge in [0.05, 0.1) is 4.90 Å². The molecule has 142 valence electrons. The minimum Gasteiger partial charge on any atom is -0.480 e. The zero-order chi connectivity index (χ0) is 19.2. The van der Waals surface area contributed by atoms with Crippen LogP contribution in [0.25, 0.3) is 10.8 Å². The Morgan fingerprint density at radius 1 is 1.12 bits per heavy atom. The van der Waals surface area contributed by atoms with Crippen molar-refractivity contribution in [1.82, 2.24) is 4.72 Å². The smallest absolute Gasteiger partial charge is 0.321 e. The Labute approximate surface area is 154 Å². The van der Waals surface area contributed by atoms with E-state index in [-0.39, 0.29) is 4.90 Å². The fourth-order valence-electron chi connectivity index (χ4n) is 2.91. The summed E-state index contributed by atoms with van der Waals surface area (Å²) in [6, 6.07) is 11.3. The van der Waals surface area contributed by atoms with Gasteiger partial charge in [0.25, 0.3) is 0 Å². The first-order valence-electron chi connectivity index (χ1n) is 8.80. The van der Waals surface area contributed by atoms with E-state index in [1.807, 2.05) is 6.07 Å². The fourth-order valence-corrected chi connectivity index (χ4v) is 4.34. The topological polar surface area (TPSA) is 109 Å². The first-order chi connectivity index (χ1) is 12.3. The van der Waals surface area contributed by atoms with Gasteiger partial charge in [-0.25, -0.2) is 8.42 Å². The SMILES string of the molecule is C[C@H](NS(=O)(=O)c1cccc2ccccc12)C(=O)O.NC1CCCCC1. The van der Waals surface area contributed by atoms with Crippen molar-refractivity contribution in [2.24, 2.45) is 5.73 Å². The third-order valence-corrected chi connectivity index (χ3v) is 5.99. The Balaban J connectivity index is 0.000000290. The predicted octanol–water partition coefficient (Wildman–Crippen LogP) is 2.87. The second kappa shape index (κ2) is 9.12. The van der Waals surface area contributed by atoms with Crippen LogP contribution in [0.3, 0.4) is 0 Å². The molecule has 2 aromatic rings. The van der Waals surface area contributed by atoms with Gasteiger partial charge in [0, 0.05) is 11.4 Å². The normalized spacial score (nSPS) is 16.5. The van der Waals surface area contributed by atoms with E-state index in [1.165, 1.54) is 45.1 Å². The van der Waals surface area contributed by atoms with Crippen molar-refractivity contribution < 1.29 is 18.3 Å². The molecule has 1 saturated carbocycles. The molecule has 0 spiro atoms. The van der Waals surface area contributed by atoms with Crippen molar-refractivity contribution in [2.75, 3.05) is 0 Å². The summed E-state index contributed by atoms with van der Waals surface area (Å²) in [6.45, 7) is 1.28. The molecule has 0 saturated heterocycles. The van der Waals surface area contributed by atoms with Gasteiger partial charge in [-0.05, 0) is 31.2 Å². The van der Waals surface area contributed by atoms with E-state index < -0.39 is 22.0 Å². The van der Waals surface area contributed by atoms with Crippen molar-refractivity contribution in [3.05, 3.63) is 42.5 Å². The summed E-state index contributed by atoms with van der Waals surface area (Å²) in [7, 11) is -3.86. The molecular weight excluding hydrogens is 352 g/mol. The van der Waals surface area contributed by atoms with Gasteiger partial charge < -0.3 is 10.8 Å². The molecule has 0 radical (unpaired) electrons. The Hall–Kier alpha value is -1.96. The maximum atomic E-state index is 12.2. The Kier molecular flexibility index (Phi) is 7.14. The zero-order valence-corrected chi connectivity index (χ0v) is 15.7. The summed E-state index contributed by atoms with van der Waals surface area (Å²) in [5.74, 6) is -1.22. The van der Waals surface area contributed by atoms with E-state index in [0.717, 1.165) is 5.39 Å². The minimum atomic E-state index is -3.86. The van der Waals surface area contributed by atoms with E-state index in [0.29, 0.717) is 11.4 Å². The molecular formula is C19H26N2O4S. The van der Waals surface area contributed by atoms with Crippen molar-refractivity contribution in [1.29, 1.82) is 0 Å². The standard InChI is InChI=1S/C13H13NO4S.C6H13N/c1-9(13(15)16)14-19(17,18)12-8-4-6-10-5-2-3-7-11(10)12;7-6-4-2-1-3-5-6/h2-9,14H,1H3,(H,15,16);6H,1-5,7H2/t9-;/m0./s1. The number of hydrogen-bond acceptors (Lipinski definition) is 4. The molecule has 26 heavy (non-hydrogen) atoms. The maximum absolute atomic E-state index is 12.2. The molecule has 1 aliphatic carbocycles. The largest absolute Gasteiger partial charge is 0.480 e. The zero-order valence-electron chi connectivity index (χ0n) is 14.9. The molecule has 4 N–H and O–H groups in total. The number of carbonyl (C=O) groups is 1. The van der Waals surface area contributed by atoms with Gasteiger partial charge in [-0.3, -0.25) is 4.79 Å². The van der Waals surface area contributed by atoms with Crippen molar-refractivity contribution in [3.63, 3.8) is 0 Å². The number of nitrogens with two attached hydrogens (primary N) is 1. The highest BCUT2D eigenvalue weighted by Gasteiger charge is 2.22. The van der Waals surface area contributed by atoms with Crippen LogP contribution in [0.1, 0.15) is 39.0 Å². The third kappa shape index (κ3) is 5.52. The molecule has 1 atom stereocenters. The molecule has 0 heterocycles. The highest BCUT2D eigenvalue weighted by atomic mass is 32.2. The van der Waals surface area contributed by atoms with Gasteiger partial charge in [-0.1, -0.05) is 55.7 Å². The quantitative estimate of drug-likeness (QED) is 0.758. The van der Waals surface area contributed by atoms with Gasteiger partial charge in [0.2, 0.25) is 10.0 Å². The Morgan fingerprint density at radius 2 is 1.73 bits per heavy atom. The van der Waals surface area contributed by atoms with E-state index in [1.54, 1.807) is 30.3 Å². The van der Waals surface area contributed by atoms with Crippen LogP contribution < -0.4 is 10.5 Å². The average Bonchev–Trinajstić information content (AvgIpc) is 2.62. The lowest BCUT2D eigenvalue weighted by Crippen LogP contribution is -2.38. The van der Waals surface area contributed by atoms with E-state index >= 15 is 0 Å². The summed E-state index contributed by atoms with van der Waals surface area (Å²) in [5, 5.41) is 10.1. The summed E-state index contributed by atoms with van der Waals surface area (Å²) >= 11 is 0. The van der Waals surface area contributed by atoms with Crippen LogP contribution in [0.15, 0.2) is 47.4 Å². The Morgan fingerprint density at radius 3 is 2.31 bits per heavy atom. The number of carboxylic acids is 1. The summed E-state index contributed by atoms with van der Waals surface area (Å²) in [6.07, 6.45) is 6.66. The van der Waals surface area contributed by atoms with Crippen molar-refractivity contribution in [3.8, 4) is 0 Å². The molecule has 0 amide bonds. The fraction of sp³-hybridized carbons (Fsp3) is 0.421. The number of hydrogen-bond donors (Lipinski definition) is 3. The monoisotopic (exact) mass is 378 g/mol. The van der Waals surface area contributed by atoms with E-state index in [2.05, 4.69) is 4.72 Å². The molecule has 0 bridgehead atoms. The highest BCUT2D eigenvalue weighted by molar-refractivity contribution is 7.89. The number of benzene rings is 2. The molecule has 2 aromatic carbocycles. The summed E-state index contributed by atoms with van der Waals surface area (Å²) in [4.78, 5) is 10.8. The second-order valence-corrected chi connectivity index (χ2v) is 8.24. The maximum Gasteiger partial charge on any atom is 0.321 e. The van der Waals surface area contributed by atoms with Gasteiger partial charge in [-0.15, -0.1) is 0 Å². The second-order valence-electron chi connectivity index (χ2n) is 6.56. The first kappa shape index (κ1) is 20.4. The van der Waals surface area contributed by atoms with Crippen LogP contribution >= 0.6 is 0 Å². The average molecular weight is 378 g/mol. The number of rotatable bonds is 4. The number of sulfonamides is 1. The molecule has 1 aliphatic rings. The number of carboxylic acid groups (broad SMARTS) is 1. The summed E-state index contributed by atoms with van der Waals surface area (Å²) < 4.78 is 26.5. The minimum absolute atomic E-state index is 0.0821. The molecule has 0 aromatic heterocycles. The van der Waals surface area contributed by atoms with Gasteiger partial charge >= 0.3 is 5.97 Å². The highest BCUT2D eigenvalue weighted by Crippen LogP contribution is 2.22. The molecule has 1 fully saturated rings. The molecule has 0 aliphatic heterocycles. The number of fused-ring (bicyclic) bond motifs is 1. The molecule has 0 unspecified atom stereocenters. The predicted molar refractivity (Wildman–Crippen MR) is 102 cm³/mol. The first-order valence-corrected chi connectivity index (χ1v) is 10.3. The van der Waals surface area contributed by atoms with E-state index in [4.69, 9.17) is 10.8 Å². The van der Waals surface area contributed by atoms with Crippen LogP contribution in [-0.4, -0.2) is 31.6 Å². The van der Waals surface area contributed by atoms with Crippen molar-refractivity contribution >= 4 is 26.8 Å². The Bertz CT molecular complexity index is 840. The molecule has 7 heteroatoms. The molecule has 6 nitrogen and oxygen atoms in total. The van der Waals surface area contributed by atoms with Crippen LogP contribution in [-0.2, 0) is 14.8 Å². The lowest BCUT2D eigenvalue weighted by molar-refractivity contribution is -0.138. The van der Waals surface area contributed by atoms with Gasteiger partial charge in [0.1, 0.15) is 6.04 Å². The number of nitrogens with one attached hydrogen (secondary N) is 1. The summed E-state index contributed by atoms with van der Waals surface area (Å²) in [5.41, 5.74) is 5.63. The third-order valence-electron chi connectivity index (χ3n) is 4.39. The van der Waals surface area contributed by atoms with Gasteiger partial charge in [-0.2, -0.15) is 4.72 Å².